The summed E-state index contributed by atoms with van der Waals surface area (Å²) >= 11 is 0. The van der Waals surface area contributed by atoms with Crippen molar-refractivity contribution in [3.8, 4) is 17.3 Å². The van der Waals surface area contributed by atoms with E-state index in [1.54, 1.807) is 0 Å². The summed E-state index contributed by atoms with van der Waals surface area (Å²) in [5.74, 6) is 1.99. The number of rotatable bonds is 7. The molecule has 0 radical (unpaired) electrons. The number of amides is 1. The zero-order chi connectivity index (χ0) is 20.7. The van der Waals surface area contributed by atoms with Crippen LogP contribution >= 0.6 is 0 Å². The Morgan fingerprint density at radius 2 is 1.83 bits per heavy atom. The molecular weight excluding hydrogens is 374 g/mol. The fourth-order valence-electron chi connectivity index (χ4n) is 3.87. The molecule has 30 heavy (non-hydrogen) atoms. The smallest absolute Gasteiger partial charge is 0.227 e. The van der Waals surface area contributed by atoms with E-state index in [0.29, 0.717) is 24.4 Å². The molecule has 154 valence electrons. The van der Waals surface area contributed by atoms with Gasteiger partial charge in [-0.2, -0.15) is 5.10 Å². The second kappa shape index (κ2) is 7.63. The summed E-state index contributed by atoms with van der Waals surface area (Å²) in [5, 5.41) is 4.81. The average molecular weight is 402 g/mol. The van der Waals surface area contributed by atoms with Crippen molar-refractivity contribution in [3.63, 3.8) is 0 Å². The van der Waals surface area contributed by atoms with Crippen LogP contribution in [0.3, 0.4) is 0 Å². The fourth-order valence-corrected chi connectivity index (χ4v) is 3.87. The SMILES string of the molecule is Cc1cccc(Oc2c(CN(C(=O)C3CC3)C3CC3)c(C)nn2-c2ccccc2)c1. The van der Waals surface area contributed by atoms with Crippen LogP contribution < -0.4 is 4.74 Å². The monoisotopic (exact) mass is 401 g/mol. The van der Waals surface area contributed by atoms with E-state index in [2.05, 4.69) is 17.9 Å². The highest BCUT2D eigenvalue weighted by Crippen LogP contribution is 2.39. The third-order valence-electron chi connectivity index (χ3n) is 5.87. The van der Waals surface area contributed by atoms with Crippen LogP contribution in [0.2, 0.25) is 0 Å². The summed E-state index contributed by atoms with van der Waals surface area (Å²) in [6.45, 7) is 4.61. The predicted molar refractivity (Wildman–Crippen MR) is 116 cm³/mol. The normalized spacial score (nSPS) is 15.8. The van der Waals surface area contributed by atoms with Gasteiger partial charge in [0, 0.05) is 12.0 Å². The maximum atomic E-state index is 13.0. The molecule has 3 aromatic rings. The number of carbonyl (C=O) groups excluding carboxylic acids is 1. The summed E-state index contributed by atoms with van der Waals surface area (Å²) < 4.78 is 8.28. The van der Waals surface area contributed by atoms with E-state index in [-0.39, 0.29) is 5.92 Å². The largest absolute Gasteiger partial charge is 0.439 e. The number of carbonyl (C=O) groups is 1. The molecule has 0 N–H and O–H groups in total. The molecule has 2 aliphatic carbocycles. The number of ether oxygens (including phenoxy) is 1. The van der Waals surface area contributed by atoms with Gasteiger partial charge in [-0.25, -0.2) is 4.68 Å². The first-order valence-electron chi connectivity index (χ1n) is 10.8. The highest BCUT2D eigenvalue weighted by molar-refractivity contribution is 5.81. The number of hydrogen-bond donors (Lipinski definition) is 0. The second-order valence-electron chi connectivity index (χ2n) is 8.51. The van der Waals surface area contributed by atoms with Crippen molar-refractivity contribution in [1.29, 1.82) is 0 Å². The van der Waals surface area contributed by atoms with Gasteiger partial charge in [0.15, 0.2) is 0 Å². The average Bonchev–Trinajstić information content (AvgIpc) is 3.66. The highest BCUT2D eigenvalue weighted by Gasteiger charge is 2.41. The Hall–Kier alpha value is -3.08. The van der Waals surface area contributed by atoms with Crippen LogP contribution in [0.1, 0.15) is 42.5 Å². The molecule has 0 unspecified atom stereocenters. The minimum atomic E-state index is 0.219. The lowest BCUT2D eigenvalue weighted by Crippen LogP contribution is -2.34. The Morgan fingerprint density at radius 1 is 1.07 bits per heavy atom. The minimum absolute atomic E-state index is 0.219. The molecule has 0 saturated heterocycles. The van der Waals surface area contributed by atoms with Gasteiger partial charge in [0.2, 0.25) is 11.8 Å². The van der Waals surface area contributed by atoms with Crippen molar-refractivity contribution in [2.75, 3.05) is 0 Å². The van der Waals surface area contributed by atoms with Gasteiger partial charge in [-0.05, 0) is 69.4 Å². The Kier molecular flexibility index (Phi) is 4.81. The topological polar surface area (TPSA) is 47.4 Å². The summed E-state index contributed by atoms with van der Waals surface area (Å²) in [6, 6.07) is 18.4. The highest BCUT2D eigenvalue weighted by atomic mass is 16.5. The van der Waals surface area contributed by atoms with E-state index in [4.69, 9.17) is 9.84 Å². The first-order valence-corrected chi connectivity index (χ1v) is 10.8. The first-order chi connectivity index (χ1) is 14.6. The Labute approximate surface area is 177 Å². The standard InChI is InChI=1S/C25H27N3O2/c1-17-7-6-10-22(15-17)30-25-23(16-27(20-13-14-20)24(29)19-11-12-19)18(2)26-28(25)21-8-4-3-5-9-21/h3-10,15,19-20H,11-14,16H2,1-2H3. The summed E-state index contributed by atoms with van der Waals surface area (Å²) in [7, 11) is 0. The van der Waals surface area contributed by atoms with Gasteiger partial charge in [0.25, 0.3) is 0 Å². The van der Waals surface area contributed by atoms with Crippen LogP contribution in [-0.2, 0) is 11.3 Å². The van der Waals surface area contributed by atoms with Crippen molar-refractivity contribution in [1.82, 2.24) is 14.7 Å². The number of aromatic nitrogens is 2. The molecule has 5 heteroatoms. The predicted octanol–water partition coefficient (Wildman–Crippen LogP) is 5.18. The Bertz CT molecular complexity index is 1070. The molecule has 2 aromatic carbocycles. The fraction of sp³-hybridized carbons (Fsp3) is 0.360. The van der Waals surface area contributed by atoms with E-state index < -0.39 is 0 Å². The molecular formula is C25H27N3O2. The van der Waals surface area contributed by atoms with Gasteiger partial charge in [-0.15, -0.1) is 0 Å². The molecule has 5 nitrogen and oxygen atoms in total. The lowest BCUT2D eigenvalue weighted by Gasteiger charge is -2.23. The van der Waals surface area contributed by atoms with Crippen molar-refractivity contribution in [3.05, 3.63) is 71.4 Å². The molecule has 0 atom stereocenters. The molecule has 2 aliphatic rings. The number of benzene rings is 2. The molecule has 1 aromatic heterocycles. The van der Waals surface area contributed by atoms with Crippen LogP contribution in [0.25, 0.3) is 5.69 Å². The quantitative estimate of drug-likeness (QED) is 0.548. The van der Waals surface area contributed by atoms with E-state index in [1.807, 2.05) is 60.1 Å². The maximum absolute atomic E-state index is 13.0. The summed E-state index contributed by atoms with van der Waals surface area (Å²) in [6.07, 6.45) is 4.24. The Morgan fingerprint density at radius 3 is 2.50 bits per heavy atom. The number of hydrogen-bond acceptors (Lipinski definition) is 3. The van der Waals surface area contributed by atoms with Gasteiger partial charge in [0.1, 0.15) is 5.75 Å². The van der Waals surface area contributed by atoms with Crippen molar-refractivity contribution >= 4 is 5.91 Å². The van der Waals surface area contributed by atoms with E-state index in [0.717, 1.165) is 53.9 Å². The van der Waals surface area contributed by atoms with Crippen LogP contribution in [0, 0.1) is 19.8 Å². The number of nitrogens with zero attached hydrogens (tertiary/aromatic N) is 3. The lowest BCUT2D eigenvalue weighted by molar-refractivity contribution is -0.133. The van der Waals surface area contributed by atoms with Crippen molar-refractivity contribution in [2.45, 2.75) is 52.1 Å². The van der Waals surface area contributed by atoms with Gasteiger partial charge >= 0.3 is 0 Å². The summed E-state index contributed by atoms with van der Waals surface area (Å²) in [4.78, 5) is 15.0. The summed E-state index contributed by atoms with van der Waals surface area (Å²) in [5.41, 5.74) is 3.97. The van der Waals surface area contributed by atoms with E-state index >= 15 is 0 Å². The van der Waals surface area contributed by atoms with Crippen LogP contribution in [0.4, 0.5) is 0 Å². The van der Waals surface area contributed by atoms with Crippen LogP contribution in [0.5, 0.6) is 11.6 Å². The lowest BCUT2D eigenvalue weighted by atomic mass is 10.2. The first kappa shape index (κ1) is 18.9. The van der Waals surface area contributed by atoms with E-state index in [1.165, 1.54) is 0 Å². The van der Waals surface area contributed by atoms with Gasteiger partial charge in [-0.1, -0.05) is 30.3 Å². The molecule has 0 aliphatic heterocycles. The second-order valence-corrected chi connectivity index (χ2v) is 8.51. The Balaban J connectivity index is 1.55. The van der Waals surface area contributed by atoms with Gasteiger partial charge in [-0.3, -0.25) is 4.79 Å². The maximum Gasteiger partial charge on any atom is 0.227 e. The molecule has 1 heterocycles. The zero-order valence-corrected chi connectivity index (χ0v) is 17.5. The van der Waals surface area contributed by atoms with Crippen molar-refractivity contribution < 1.29 is 9.53 Å². The van der Waals surface area contributed by atoms with E-state index in [9.17, 15) is 4.79 Å². The molecule has 2 saturated carbocycles. The third-order valence-corrected chi connectivity index (χ3v) is 5.87. The number of para-hydroxylation sites is 1. The van der Waals surface area contributed by atoms with Crippen molar-refractivity contribution in [2.24, 2.45) is 5.92 Å². The molecule has 2 fully saturated rings. The molecule has 0 bridgehead atoms. The van der Waals surface area contributed by atoms with Crippen LogP contribution in [-0.4, -0.2) is 26.6 Å². The molecule has 1 amide bonds. The van der Waals surface area contributed by atoms with Crippen LogP contribution in [0.15, 0.2) is 54.6 Å². The number of aryl methyl sites for hydroxylation is 2. The molecule has 0 spiro atoms. The van der Waals surface area contributed by atoms with Gasteiger partial charge in [0.05, 0.1) is 23.5 Å². The zero-order valence-electron chi connectivity index (χ0n) is 17.5. The third kappa shape index (κ3) is 3.84. The molecule has 5 rings (SSSR count). The minimum Gasteiger partial charge on any atom is -0.439 e. The van der Waals surface area contributed by atoms with Gasteiger partial charge < -0.3 is 9.64 Å².